The van der Waals surface area contributed by atoms with E-state index in [2.05, 4.69) is 35.5 Å². The topological polar surface area (TPSA) is 49.2 Å². The molecule has 0 saturated heterocycles. The maximum Gasteiger partial charge on any atom is 0.164 e. The first-order chi connectivity index (χ1) is 9.97. The van der Waals surface area contributed by atoms with E-state index in [4.69, 9.17) is 9.47 Å². The first-order valence-electron chi connectivity index (χ1n) is 7.28. The molecule has 0 aliphatic heterocycles. The summed E-state index contributed by atoms with van der Waals surface area (Å²) in [4.78, 5) is 0. The maximum atomic E-state index is 5.67. The molecule has 0 saturated carbocycles. The van der Waals surface area contributed by atoms with E-state index in [1.54, 1.807) is 6.33 Å². The third-order valence-electron chi connectivity index (χ3n) is 3.07. The molecule has 2 aromatic rings. The fraction of sp³-hybridized carbons (Fsp3) is 0.500. The third kappa shape index (κ3) is 3.35. The predicted octanol–water partition coefficient (Wildman–Crippen LogP) is 3.50. The molecular weight excluding hydrogens is 266 g/mol. The van der Waals surface area contributed by atoms with Crippen LogP contribution in [0.2, 0.25) is 0 Å². The second kappa shape index (κ2) is 6.16. The molecule has 0 aliphatic carbocycles. The Labute approximate surface area is 125 Å². The summed E-state index contributed by atoms with van der Waals surface area (Å²) < 4.78 is 13.3. The van der Waals surface area contributed by atoms with Gasteiger partial charge in [-0.15, -0.1) is 10.2 Å². The molecule has 1 aromatic heterocycles. The van der Waals surface area contributed by atoms with Crippen molar-refractivity contribution in [2.24, 2.45) is 0 Å². The monoisotopic (exact) mass is 289 g/mol. The minimum absolute atomic E-state index is 0.0802. The van der Waals surface area contributed by atoms with Crippen molar-refractivity contribution in [1.82, 2.24) is 14.8 Å². The highest BCUT2D eigenvalue weighted by molar-refractivity contribution is 5.61. The molecule has 0 fully saturated rings. The minimum Gasteiger partial charge on any atom is -0.490 e. The second-order valence-corrected chi connectivity index (χ2v) is 5.72. The standard InChI is InChI=1S/C16H23N3O2/c1-6-20-13-9-8-12(10-14(13)21-7-2)15-18-17-11-19(15)16(3,4)5/h8-11H,6-7H2,1-5H3. The Morgan fingerprint density at radius 3 is 2.33 bits per heavy atom. The van der Waals surface area contributed by atoms with Gasteiger partial charge < -0.3 is 14.0 Å². The van der Waals surface area contributed by atoms with Crippen LogP contribution in [0.4, 0.5) is 0 Å². The molecule has 0 unspecified atom stereocenters. The van der Waals surface area contributed by atoms with Crippen molar-refractivity contribution in [2.75, 3.05) is 13.2 Å². The Hall–Kier alpha value is -2.04. The summed E-state index contributed by atoms with van der Waals surface area (Å²) in [6.07, 6.45) is 1.76. The van der Waals surface area contributed by atoms with Gasteiger partial charge in [-0.2, -0.15) is 0 Å². The lowest BCUT2D eigenvalue weighted by molar-refractivity contribution is 0.288. The van der Waals surface area contributed by atoms with Gasteiger partial charge in [0.2, 0.25) is 0 Å². The van der Waals surface area contributed by atoms with Crippen molar-refractivity contribution < 1.29 is 9.47 Å². The van der Waals surface area contributed by atoms with Crippen LogP contribution in [0.3, 0.4) is 0 Å². The SMILES string of the molecule is CCOc1ccc(-c2nncn2C(C)(C)C)cc1OCC. The van der Waals surface area contributed by atoms with Gasteiger partial charge >= 0.3 is 0 Å². The lowest BCUT2D eigenvalue weighted by Crippen LogP contribution is -2.21. The number of hydrogen-bond donors (Lipinski definition) is 0. The fourth-order valence-corrected chi connectivity index (χ4v) is 2.11. The predicted molar refractivity (Wildman–Crippen MR) is 82.8 cm³/mol. The summed E-state index contributed by atoms with van der Waals surface area (Å²) in [5.74, 6) is 2.32. The zero-order chi connectivity index (χ0) is 15.5. The van der Waals surface area contributed by atoms with Gasteiger partial charge in [0, 0.05) is 11.1 Å². The van der Waals surface area contributed by atoms with Gasteiger partial charge in [-0.05, 0) is 52.8 Å². The van der Waals surface area contributed by atoms with Crippen LogP contribution < -0.4 is 9.47 Å². The van der Waals surface area contributed by atoms with Crippen LogP contribution in [0.5, 0.6) is 11.5 Å². The van der Waals surface area contributed by atoms with Gasteiger partial charge in [-0.25, -0.2) is 0 Å². The Balaban J connectivity index is 2.46. The van der Waals surface area contributed by atoms with Crippen molar-refractivity contribution in [3.8, 4) is 22.9 Å². The molecule has 21 heavy (non-hydrogen) atoms. The smallest absolute Gasteiger partial charge is 0.164 e. The van der Waals surface area contributed by atoms with Gasteiger partial charge in [0.15, 0.2) is 17.3 Å². The van der Waals surface area contributed by atoms with Gasteiger partial charge in [0.05, 0.1) is 13.2 Å². The van der Waals surface area contributed by atoms with E-state index in [0.29, 0.717) is 13.2 Å². The van der Waals surface area contributed by atoms with Crippen LogP contribution in [0, 0.1) is 0 Å². The van der Waals surface area contributed by atoms with Crippen molar-refractivity contribution >= 4 is 0 Å². The van der Waals surface area contributed by atoms with Crippen molar-refractivity contribution in [3.05, 3.63) is 24.5 Å². The molecule has 5 heteroatoms. The van der Waals surface area contributed by atoms with E-state index in [9.17, 15) is 0 Å². The van der Waals surface area contributed by atoms with Crippen LogP contribution in [0.25, 0.3) is 11.4 Å². The molecule has 114 valence electrons. The second-order valence-electron chi connectivity index (χ2n) is 5.72. The van der Waals surface area contributed by atoms with E-state index in [1.165, 1.54) is 0 Å². The van der Waals surface area contributed by atoms with E-state index < -0.39 is 0 Å². The van der Waals surface area contributed by atoms with E-state index in [1.807, 2.05) is 32.0 Å². The molecule has 5 nitrogen and oxygen atoms in total. The number of nitrogens with zero attached hydrogens (tertiary/aromatic N) is 3. The third-order valence-corrected chi connectivity index (χ3v) is 3.07. The van der Waals surface area contributed by atoms with Gasteiger partial charge in [0.25, 0.3) is 0 Å². The fourth-order valence-electron chi connectivity index (χ4n) is 2.11. The summed E-state index contributed by atoms with van der Waals surface area (Å²) in [5.41, 5.74) is 0.887. The molecule has 0 aliphatic rings. The average molecular weight is 289 g/mol. The molecule has 0 N–H and O–H groups in total. The first-order valence-corrected chi connectivity index (χ1v) is 7.28. The molecule has 0 radical (unpaired) electrons. The molecule has 0 atom stereocenters. The summed E-state index contributed by atoms with van der Waals surface area (Å²) >= 11 is 0. The Morgan fingerprint density at radius 2 is 1.71 bits per heavy atom. The minimum atomic E-state index is -0.0802. The van der Waals surface area contributed by atoms with Crippen LogP contribution >= 0.6 is 0 Å². The molecule has 2 rings (SSSR count). The summed E-state index contributed by atoms with van der Waals surface area (Å²) in [7, 11) is 0. The normalized spacial score (nSPS) is 11.5. The molecule has 1 aromatic carbocycles. The van der Waals surface area contributed by atoms with Crippen LogP contribution in [0.15, 0.2) is 24.5 Å². The summed E-state index contributed by atoms with van der Waals surface area (Å²) in [5, 5.41) is 8.29. The Bertz CT molecular complexity index is 600. The lowest BCUT2D eigenvalue weighted by Gasteiger charge is -2.22. The van der Waals surface area contributed by atoms with Crippen LogP contribution in [0.1, 0.15) is 34.6 Å². The molecule has 0 amide bonds. The quantitative estimate of drug-likeness (QED) is 0.845. The van der Waals surface area contributed by atoms with Crippen LogP contribution in [-0.4, -0.2) is 28.0 Å². The number of rotatable bonds is 5. The van der Waals surface area contributed by atoms with E-state index in [-0.39, 0.29) is 5.54 Å². The average Bonchev–Trinajstić information content (AvgIpc) is 2.90. The Morgan fingerprint density at radius 1 is 1.05 bits per heavy atom. The molecular formula is C16H23N3O2. The number of ether oxygens (including phenoxy) is 2. The molecule has 1 heterocycles. The summed E-state index contributed by atoms with van der Waals surface area (Å²) in [6, 6.07) is 5.87. The number of aromatic nitrogens is 3. The number of hydrogen-bond acceptors (Lipinski definition) is 4. The first kappa shape index (κ1) is 15.4. The largest absolute Gasteiger partial charge is 0.490 e. The molecule has 0 bridgehead atoms. The van der Waals surface area contributed by atoms with Crippen molar-refractivity contribution in [3.63, 3.8) is 0 Å². The van der Waals surface area contributed by atoms with Crippen molar-refractivity contribution in [1.29, 1.82) is 0 Å². The van der Waals surface area contributed by atoms with Gasteiger partial charge in [-0.3, -0.25) is 0 Å². The van der Waals surface area contributed by atoms with E-state index >= 15 is 0 Å². The van der Waals surface area contributed by atoms with Gasteiger partial charge in [0.1, 0.15) is 6.33 Å². The zero-order valence-corrected chi connectivity index (χ0v) is 13.4. The highest BCUT2D eigenvalue weighted by atomic mass is 16.5. The Kier molecular flexibility index (Phi) is 4.50. The van der Waals surface area contributed by atoms with E-state index in [0.717, 1.165) is 22.9 Å². The highest BCUT2D eigenvalue weighted by Crippen LogP contribution is 2.33. The van der Waals surface area contributed by atoms with Crippen LogP contribution in [-0.2, 0) is 5.54 Å². The van der Waals surface area contributed by atoms with Crippen molar-refractivity contribution in [2.45, 2.75) is 40.2 Å². The molecule has 0 spiro atoms. The van der Waals surface area contributed by atoms with Gasteiger partial charge in [-0.1, -0.05) is 0 Å². The lowest BCUT2D eigenvalue weighted by atomic mass is 10.1. The zero-order valence-electron chi connectivity index (χ0n) is 13.4. The number of benzene rings is 1. The highest BCUT2D eigenvalue weighted by Gasteiger charge is 2.19. The maximum absolute atomic E-state index is 5.67. The summed E-state index contributed by atoms with van der Waals surface area (Å²) in [6.45, 7) is 11.5.